The molecule has 1 heterocycles. The molecule has 1 aliphatic rings. The van der Waals surface area contributed by atoms with Crippen LogP contribution in [0, 0.1) is 5.92 Å². The first-order valence-corrected chi connectivity index (χ1v) is 3.49. The molecule has 11 heavy (non-hydrogen) atoms. The second-order valence-corrected chi connectivity index (χ2v) is 2.68. The van der Waals surface area contributed by atoms with Crippen molar-refractivity contribution in [2.45, 2.75) is 19.1 Å². The molecular formula is C7H11NO3. The van der Waals surface area contributed by atoms with Crippen molar-refractivity contribution in [3.8, 4) is 0 Å². The van der Waals surface area contributed by atoms with Crippen LogP contribution in [0.4, 0.5) is 0 Å². The van der Waals surface area contributed by atoms with Gasteiger partial charge in [0, 0.05) is 5.71 Å². The fourth-order valence-corrected chi connectivity index (χ4v) is 1.24. The van der Waals surface area contributed by atoms with E-state index >= 15 is 0 Å². The number of nitrogens with zero attached hydrogens (tertiary/aromatic N) is 1. The van der Waals surface area contributed by atoms with Gasteiger partial charge in [-0.3, -0.25) is 4.99 Å². The fraction of sp³-hybridized carbons (Fsp3) is 0.714. The predicted molar refractivity (Wildman–Crippen MR) is 39.5 cm³/mol. The van der Waals surface area contributed by atoms with Gasteiger partial charge in [0.1, 0.15) is 12.4 Å². The van der Waals surface area contributed by atoms with Crippen molar-refractivity contribution >= 4 is 12.0 Å². The molecule has 0 aromatic heterocycles. The van der Waals surface area contributed by atoms with Crippen LogP contribution in [0.1, 0.15) is 6.92 Å². The molecule has 1 aliphatic heterocycles. The molecular weight excluding hydrogens is 146 g/mol. The molecule has 0 fully saturated rings. The van der Waals surface area contributed by atoms with Gasteiger partial charge < -0.3 is 15.0 Å². The average Bonchev–Trinajstić information content (AvgIpc) is 2.28. The van der Waals surface area contributed by atoms with E-state index in [-0.39, 0.29) is 6.61 Å². The van der Waals surface area contributed by atoms with Crippen molar-refractivity contribution in [1.29, 1.82) is 0 Å². The van der Waals surface area contributed by atoms with E-state index < -0.39 is 18.1 Å². The molecule has 0 radical (unpaired) electrons. The first kappa shape index (κ1) is 8.36. The minimum absolute atomic E-state index is 0.183. The fourth-order valence-electron chi connectivity index (χ4n) is 1.24. The van der Waals surface area contributed by atoms with Crippen molar-refractivity contribution in [2.24, 2.45) is 10.9 Å². The highest BCUT2D eigenvalue weighted by Crippen LogP contribution is 2.19. The molecule has 3 atom stereocenters. The highest BCUT2D eigenvalue weighted by atomic mass is 16.3. The van der Waals surface area contributed by atoms with E-state index in [4.69, 9.17) is 5.11 Å². The highest BCUT2D eigenvalue weighted by Gasteiger charge is 2.34. The summed E-state index contributed by atoms with van der Waals surface area (Å²) in [5, 5.41) is 18.0. The van der Waals surface area contributed by atoms with Gasteiger partial charge in [-0.05, 0) is 6.92 Å². The predicted octanol–water partition coefficient (Wildman–Crippen LogP) is -1.00. The maximum atomic E-state index is 10.4. The quantitative estimate of drug-likeness (QED) is 0.505. The molecule has 0 aliphatic carbocycles. The maximum absolute atomic E-state index is 10.4. The smallest absolute Gasteiger partial charge is 0.128 e. The number of carbonyl (C=O) groups is 1. The second kappa shape index (κ2) is 3.11. The summed E-state index contributed by atoms with van der Waals surface area (Å²) in [6, 6.07) is -0.442. The van der Waals surface area contributed by atoms with Crippen LogP contribution < -0.4 is 0 Å². The van der Waals surface area contributed by atoms with Crippen LogP contribution in [0.3, 0.4) is 0 Å². The van der Waals surface area contributed by atoms with Gasteiger partial charge in [0.2, 0.25) is 0 Å². The molecule has 1 rings (SSSR count). The molecule has 62 valence electrons. The van der Waals surface area contributed by atoms with Crippen LogP contribution in [0.2, 0.25) is 0 Å². The Morgan fingerprint density at radius 1 is 1.73 bits per heavy atom. The van der Waals surface area contributed by atoms with Gasteiger partial charge >= 0.3 is 0 Å². The number of aliphatic hydroxyl groups excluding tert-OH is 2. The molecule has 2 N–H and O–H groups in total. The summed E-state index contributed by atoms with van der Waals surface area (Å²) in [6.07, 6.45) is -0.157. The average molecular weight is 157 g/mol. The largest absolute Gasteiger partial charge is 0.394 e. The van der Waals surface area contributed by atoms with Crippen molar-refractivity contribution < 1.29 is 15.0 Å². The molecule has 0 saturated carbocycles. The van der Waals surface area contributed by atoms with Gasteiger partial charge in [0.05, 0.1) is 18.6 Å². The first-order chi connectivity index (χ1) is 5.20. The Bertz CT molecular complexity index is 190. The normalized spacial score (nSPS) is 37.0. The lowest BCUT2D eigenvalue weighted by Crippen LogP contribution is -2.30. The number of hydrogen-bond donors (Lipinski definition) is 2. The lowest BCUT2D eigenvalue weighted by molar-refractivity contribution is -0.113. The number of hydrogen-bond acceptors (Lipinski definition) is 4. The van der Waals surface area contributed by atoms with Crippen LogP contribution in [0.5, 0.6) is 0 Å². The molecule has 0 spiro atoms. The van der Waals surface area contributed by atoms with E-state index in [9.17, 15) is 9.90 Å². The molecule has 4 heteroatoms. The SMILES string of the molecule is CC1=NC(CO)C(C=O)C1O. The minimum Gasteiger partial charge on any atom is -0.394 e. The summed E-state index contributed by atoms with van der Waals surface area (Å²) in [7, 11) is 0. The van der Waals surface area contributed by atoms with Gasteiger partial charge in [-0.15, -0.1) is 0 Å². The van der Waals surface area contributed by atoms with E-state index in [1.54, 1.807) is 6.92 Å². The Hall–Kier alpha value is -0.740. The van der Waals surface area contributed by atoms with E-state index in [1.165, 1.54) is 0 Å². The second-order valence-electron chi connectivity index (χ2n) is 2.68. The Labute approximate surface area is 64.6 Å². The zero-order chi connectivity index (χ0) is 8.43. The van der Waals surface area contributed by atoms with E-state index in [0.717, 1.165) is 0 Å². The van der Waals surface area contributed by atoms with Crippen LogP contribution in [-0.4, -0.2) is 41.0 Å². The van der Waals surface area contributed by atoms with Gasteiger partial charge in [0.15, 0.2) is 0 Å². The third-order valence-corrected chi connectivity index (χ3v) is 1.95. The summed E-state index contributed by atoms with van der Waals surface area (Å²) in [6.45, 7) is 1.47. The molecule has 3 unspecified atom stereocenters. The first-order valence-electron chi connectivity index (χ1n) is 3.49. The number of aliphatic hydroxyl groups is 2. The van der Waals surface area contributed by atoms with Crippen molar-refractivity contribution in [1.82, 2.24) is 0 Å². The van der Waals surface area contributed by atoms with Crippen LogP contribution in [0.25, 0.3) is 0 Å². The van der Waals surface area contributed by atoms with Crippen molar-refractivity contribution in [3.05, 3.63) is 0 Å². The molecule has 0 amide bonds. The molecule has 0 bridgehead atoms. The number of rotatable bonds is 2. The van der Waals surface area contributed by atoms with Crippen molar-refractivity contribution in [3.63, 3.8) is 0 Å². The lowest BCUT2D eigenvalue weighted by atomic mass is 9.98. The van der Waals surface area contributed by atoms with E-state index in [1.807, 2.05) is 0 Å². The number of aldehydes is 1. The Kier molecular flexibility index (Phi) is 2.36. The molecule has 0 aromatic rings. The summed E-state index contributed by atoms with van der Waals surface area (Å²) < 4.78 is 0. The van der Waals surface area contributed by atoms with Gasteiger partial charge in [-0.2, -0.15) is 0 Å². The molecule has 4 nitrogen and oxygen atoms in total. The lowest BCUT2D eigenvalue weighted by Gasteiger charge is -2.11. The topological polar surface area (TPSA) is 69.9 Å². The van der Waals surface area contributed by atoms with Crippen LogP contribution in [0.15, 0.2) is 4.99 Å². The van der Waals surface area contributed by atoms with Gasteiger partial charge in [-0.1, -0.05) is 0 Å². The van der Waals surface area contributed by atoms with Crippen LogP contribution in [-0.2, 0) is 4.79 Å². The summed E-state index contributed by atoms with van der Waals surface area (Å²) in [4.78, 5) is 14.3. The van der Waals surface area contributed by atoms with Gasteiger partial charge in [-0.25, -0.2) is 0 Å². The third kappa shape index (κ3) is 1.32. The summed E-state index contributed by atoms with van der Waals surface area (Å²) in [5.74, 6) is -0.556. The molecule has 0 saturated heterocycles. The Morgan fingerprint density at radius 3 is 2.73 bits per heavy atom. The highest BCUT2D eigenvalue weighted by molar-refractivity contribution is 5.91. The van der Waals surface area contributed by atoms with Crippen molar-refractivity contribution in [2.75, 3.05) is 6.61 Å². The molecule has 0 aromatic carbocycles. The maximum Gasteiger partial charge on any atom is 0.128 e. The number of carbonyl (C=O) groups excluding carboxylic acids is 1. The Balaban J connectivity index is 2.75. The monoisotopic (exact) mass is 157 g/mol. The summed E-state index contributed by atoms with van der Waals surface area (Å²) in [5.41, 5.74) is 0.529. The van der Waals surface area contributed by atoms with E-state index in [0.29, 0.717) is 12.0 Å². The summed E-state index contributed by atoms with van der Waals surface area (Å²) >= 11 is 0. The van der Waals surface area contributed by atoms with Crippen LogP contribution >= 0.6 is 0 Å². The minimum atomic E-state index is -0.801. The number of aliphatic imine (C=N–C) groups is 1. The zero-order valence-corrected chi connectivity index (χ0v) is 6.27. The third-order valence-electron chi connectivity index (χ3n) is 1.95. The Morgan fingerprint density at radius 2 is 2.36 bits per heavy atom. The van der Waals surface area contributed by atoms with Gasteiger partial charge in [0.25, 0.3) is 0 Å². The standard InChI is InChI=1S/C7H11NO3/c1-4-7(11)5(2-9)6(3-10)8-4/h2,5-7,10-11H,3H2,1H3. The van der Waals surface area contributed by atoms with E-state index in [2.05, 4.69) is 4.99 Å². The zero-order valence-electron chi connectivity index (χ0n) is 6.27.